The van der Waals surface area contributed by atoms with Crippen LogP contribution >= 0.6 is 0 Å². The lowest BCUT2D eigenvalue weighted by Gasteiger charge is -2.28. The summed E-state index contributed by atoms with van der Waals surface area (Å²) in [4.78, 5) is 0. The van der Waals surface area contributed by atoms with E-state index in [1.807, 2.05) is 0 Å². The van der Waals surface area contributed by atoms with E-state index < -0.39 is 40.4 Å². The van der Waals surface area contributed by atoms with Crippen LogP contribution in [0.25, 0.3) is 56.3 Å². The monoisotopic (exact) mass is 1590 g/mol. The summed E-state index contributed by atoms with van der Waals surface area (Å²) in [5.41, 5.74) is 28.2. The Kier molecular flexibility index (Phi) is 32.3. The van der Waals surface area contributed by atoms with Gasteiger partial charge in [-0.1, -0.05) is 272 Å². The third-order valence-corrected chi connectivity index (χ3v) is 32.7. The highest BCUT2D eigenvalue weighted by molar-refractivity contribution is 6.90. The Bertz CT molecular complexity index is 4810. The zero-order chi connectivity index (χ0) is 84.3. The molecule has 602 valence electrons. The normalized spacial score (nSPS) is 12.5. The van der Waals surface area contributed by atoms with Crippen LogP contribution in [0.5, 0.6) is 0 Å². The zero-order valence-electron chi connectivity index (χ0n) is 77.8. The molecule has 112 heavy (non-hydrogen) atoms. The fourth-order valence-corrected chi connectivity index (χ4v) is 24.6. The first-order valence-electron chi connectivity index (χ1n) is 42.2. The van der Waals surface area contributed by atoms with Gasteiger partial charge in [0.15, 0.2) is 31.0 Å². The maximum atomic E-state index is 2.48. The Morgan fingerprint density at radius 1 is 0.312 bits per heavy atom. The molecule has 0 bridgehead atoms. The highest BCUT2D eigenvalue weighted by Gasteiger charge is 2.35. The topological polar surface area (TPSA) is 19.4 Å². The van der Waals surface area contributed by atoms with Crippen LogP contribution in [0.1, 0.15) is 170 Å². The van der Waals surface area contributed by atoms with Gasteiger partial charge in [-0.3, -0.25) is 0 Å². The van der Waals surface area contributed by atoms with Gasteiger partial charge in [0, 0.05) is 84.1 Å². The van der Waals surface area contributed by atoms with Gasteiger partial charge in [0.05, 0.1) is 40.4 Å². The van der Waals surface area contributed by atoms with Crippen LogP contribution in [-0.2, 0) is 53.5 Å². The summed E-state index contributed by atoms with van der Waals surface area (Å²) in [5.74, 6) is 1.97. The number of hydrogen-bond donors (Lipinski definition) is 0. The number of pyridine rings is 5. The molecule has 5 aromatic heterocycles. The predicted molar refractivity (Wildman–Crippen MR) is 506 cm³/mol. The van der Waals surface area contributed by atoms with Gasteiger partial charge >= 0.3 is 0 Å². The molecule has 10 rings (SSSR count). The van der Waals surface area contributed by atoms with E-state index in [-0.39, 0.29) is 5.41 Å². The van der Waals surface area contributed by atoms with Crippen molar-refractivity contribution in [3.05, 3.63) is 238 Å². The number of nitrogens with zero attached hydrogens (tertiary/aromatic N) is 5. The number of benzene rings is 5. The zero-order valence-corrected chi connectivity index (χ0v) is 82.8. The van der Waals surface area contributed by atoms with Crippen LogP contribution in [-0.4, -0.2) is 40.4 Å². The number of aromatic nitrogens is 5. The number of rotatable bonds is 18. The molecule has 0 spiro atoms. The molecule has 0 N–H and O–H groups in total. The molecule has 1 atom stereocenters. The van der Waals surface area contributed by atoms with Gasteiger partial charge in [0.1, 0.15) is 35.2 Å². The molecule has 5 heterocycles. The summed E-state index contributed by atoms with van der Waals surface area (Å²) < 4.78 is 11.6. The third kappa shape index (κ3) is 25.0. The summed E-state index contributed by atoms with van der Waals surface area (Å²) >= 11 is 0. The molecule has 0 aliphatic rings. The second-order valence-electron chi connectivity index (χ2n) is 40.5. The molecule has 0 aliphatic heterocycles. The minimum Gasteiger partial charge on any atom is -0.201 e. The van der Waals surface area contributed by atoms with Crippen molar-refractivity contribution >= 4 is 66.3 Å². The second kappa shape index (κ2) is 38.6. The van der Waals surface area contributed by atoms with Crippen molar-refractivity contribution in [2.24, 2.45) is 46.6 Å². The van der Waals surface area contributed by atoms with Gasteiger partial charge in [-0.05, 0) is 181 Å². The lowest BCUT2D eigenvalue weighted by atomic mass is 9.86. The molecule has 0 amide bonds. The van der Waals surface area contributed by atoms with E-state index in [0.29, 0.717) is 23.2 Å². The van der Waals surface area contributed by atoms with Gasteiger partial charge in [-0.15, -0.1) is 0 Å². The summed E-state index contributed by atoms with van der Waals surface area (Å²) in [7, 11) is 4.14. The SMILES string of the molecule is CCC(C)c1cc(-c2ccccc2C)[n+](C)cc1[Si](C)(C)C.CCC(CC)c1cc(-c2ccccc2C)[n+](C)cc1[Si](C)(C)C.Cc1ccccc1-c1cc(C(C)(C)C)c([Si](C)(C)C)c[n+]1C.Cc1ccccc1-c1cc(CC(C)(C)C)c([Si](C)(C)C)c[n+]1C.Cc1ccccc1-c1cc(CC(C)C)c([Si](C)(C)C)c[n+]1C. The van der Waals surface area contributed by atoms with Crippen LogP contribution in [0.2, 0.25) is 98.2 Å². The average Bonchev–Trinajstić information content (AvgIpc) is 0.787. The third-order valence-electron chi connectivity index (χ3n) is 22.5. The molecule has 0 saturated heterocycles. The lowest BCUT2D eigenvalue weighted by Crippen LogP contribution is -2.49. The fourth-order valence-electron chi connectivity index (χ4n) is 15.8. The molecular formula is C102H154N5Si5+5. The Balaban J connectivity index is 0.000000218. The van der Waals surface area contributed by atoms with Gasteiger partial charge in [0.25, 0.3) is 0 Å². The Morgan fingerprint density at radius 2 is 0.571 bits per heavy atom. The molecule has 0 saturated carbocycles. The molecular weight excluding hydrogens is 1440 g/mol. The highest BCUT2D eigenvalue weighted by Crippen LogP contribution is 2.33. The Hall–Kier alpha value is -7.07. The first-order valence-corrected chi connectivity index (χ1v) is 59.7. The van der Waals surface area contributed by atoms with Crippen molar-refractivity contribution in [1.29, 1.82) is 0 Å². The average molecular weight is 1590 g/mol. The van der Waals surface area contributed by atoms with Crippen molar-refractivity contribution in [3.8, 4) is 56.3 Å². The Morgan fingerprint density at radius 3 is 0.848 bits per heavy atom. The first-order chi connectivity index (χ1) is 51.7. The number of hydrogen-bond acceptors (Lipinski definition) is 0. The maximum Gasteiger partial charge on any atom is 0.212 e. The van der Waals surface area contributed by atoms with E-state index in [1.165, 1.54) is 121 Å². The molecule has 10 heteroatoms. The molecule has 10 aromatic rings. The van der Waals surface area contributed by atoms with E-state index in [0.717, 1.165) is 6.42 Å². The van der Waals surface area contributed by atoms with Gasteiger partial charge in [-0.25, -0.2) is 22.8 Å². The second-order valence-corrected chi connectivity index (χ2v) is 65.7. The van der Waals surface area contributed by atoms with Gasteiger partial charge < -0.3 is 0 Å². The summed E-state index contributed by atoms with van der Waals surface area (Å²) in [6.07, 6.45) is 17.9. The van der Waals surface area contributed by atoms with Gasteiger partial charge in [-0.2, -0.15) is 0 Å². The van der Waals surface area contributed by atoms with Crippen LogP contribution < -0.4 is 48.8 Å². The van der Waals surface area contributed by atoms with Crippen LogP contribution in [0.15, 0.2) is 183 Å². The largest absolute Gasteiger partial charge is 0.212 e. The molecule has 5 nitrogen and oxygen atoms in total. The number of aryl methyl sites for hydroxylation is 10. The molecule has 0 radical (unpaired) electrons. The van der Waals surface area contributed by atoms with Crippen molar-refractivity contribution in [2.45, 2.75) is 265 Å². The maximum absolute atomic E-state index is 2.48. The van der Waals surface area contributed by atoms with E-state index >= 15 is 0 Å². The minimum atomic E-state index is -1.38. The van der Waals surface area contributed by atoms with Crippen molar-refractivity contribution in [1.82, 2.24) is 0 Å². The highest BCUT2D eigenvalue weighted by atomic mass is 28.3. The summed E-state index contributed by atoms with van der Waals surface area (Å²) in [5, 5.41) is 7.97. The molecule has 0 aliphatic carbocycles. The van der Waals surface area contributed by atoms with Crippen molar-refractivity contribution < 1.29 is 22.8 Å². The van der Waals surface area contributed by atoms with E-state index in [4.69, 9.17) is 0 Å². The van der Waals surface area contributed by atoms with E-state index in [2.05, 4.69) is 457 Å². The van der Waals surface area contributed by atoms with Crippen LogP contribution in [0.4, 0.5) is 0 Å². The van der Waals surface area contributed by atoms with Gasteiger partial charge in [0.2, 0.25) is 28.5 Å². The predicted octanol–water partition coefficient (Wildman–Crippen LogP) is 22.7. The molecule has 5 aromatic carbocycles. The quantitative estimate of drug-likeness (QED) is 0.0603. The fraction of sp³-hybridized carbons (Fsp3) is 0.461. The summed E-state index contributed by atoms with van der Waals surface area (Å²) in [6.45, 7) is 75.6. The van der Waals surface area contributed by atoms with E-state index in [1.54, 1.807) is 42.6 Å². The van der Waals surface area contributed by atoms with Crippen LogP contribution in [0, 0.1) is 46.0 Å². The first kappa shape index (κ1) is 93.8. The van der Waals surface area contributed by atoms with Crippen LogP contribution in [0.3, 0.4) is 0 Å². The summed E-state index contributed by atoms with van der Waals surface area (Å²) in [6, 6.07) is 55.7. The minimum absolute atomic E-state index is 0.168. The lowest BCUT2D eigenvalue weighted by molar-refractivity contribution is -0.659. The Labute approximate surface area is 690 Å². The molecule has 1 unspecified atom stereocenters. The van der Waals surface area contributed by atoms with Crippen molar-refractivity contribution in [3.63, 3.8) is 0 Å². The standard InChI is InChI=1S/2C21H32NSi.3C20H30NSi/c1-16-11-9-10-12-18(16)19-13-17(14-21(2,3)4)20(15-22(19)5)23(6,7)8;1-8-17(9-2)19-14-20(18-13-11-10-12-16(18)3)22(4)15-21(19)23(5,6)7;1-15-11-9-10-12-16(15)18-13-17(20(2,3)4)19(14-21(18)5)22(6,7)8;1-15(2)12-17-13-19(18-11-9-8-10-16(18)3)21(4)14-20(17)22(5,6)7;1-8-15(2)18-13-19(17-12-10-9-11-16(17)3)21(4)14-20(18)22(5,6)7/h9-13,15H,14H2,1-8H3;10-15,17H,8-9H2,1-7H3;9-14H,1-8H3;8-11,13-15H,12H2,1-7H3;9-15H,8H2,1-7H3/q5*+1. The van der Waals surface area contributed by atoms with E-state index in [9.17, 15) is 0 Å². The molecule has 0 fully saturated rings. The smallest absolute Gasteiger partial charge is 0.201 e. The van der Waals surface area contributed by atoms with Crippen molar-refractivity contribution in [2.75, 3.05) is 0 Å².